The first-order valence-corrected chi connectivity index (χ1v) is 6.58. The van der Waals surface area contributed by atoms with Crippen molar-refractivity contribution >= 4 is 5.78 Å². The van der Waals surface area contributed by atoms with Crippen LogP contribution in [-0.2, 0) is 11.3 Å². The van der Waals surface area contributed by atoms with Gasteiger partial charge in [-0.1, -0.05) is 37.3 Å². The number of hydrogen-bond donors (Lipinski definition) is 0. The zero-order valence-corrected chi connectivity index (χ0v) is 10.6. The summed E-state index contributed by atoms with van der Waals surface area (Å²) in [7, 11) is 0. The van der Waals surface area contributed by atoms with Gasteiger partial charge in [-0.15, -0.1) is 0 Å². The highest BCUT2D eigenvalue weighted by Gasteiger charge is 2.30. The Morgan fingerprint density at radius 1 is 1.29 bits per heavy atom. The number of hydrogen-bond acceptors (Lipinski definition) is 2. The molecule has 0 unspecified atom stereocenters. The SMILES string of the molecule is CCCN(CC(=O)C1CC1)Cc1ccccc1. The van der Waals surface area contributed by atoms with E-state index < -0.39 is 0 Å². The Kier molecular flexibility index (Phi) is 4.32. The fourth-order valence-corrected chi connectivity index (χ4v) is 2.13. The van der Waals surface area contributed by atoms with Crippen LogP contribution in [0.25, 0.3) is 0 Å². The van der Waals surface area contributed by atoms with Gasteiger partial charge >= 0.3 is 0 Å². The van der Waals surface area contributed by atoms with Gasteiger partial charge in [0.25, 0.3) is 0 Å². The van der Waals surface area contributed by atoms with Gasteiger partial charge in [0, 0.05) is 12.5 Å². The maximum absolute atomic E-state index is 11.8. The van der Waals surface area contributed by atoms with Gasteiger partial charge in [-0.05, 0) is 31.4 Å². The summed E-state index contributed by atoms with van der Waals surface area (Å²) >= 11 is 0. The quantitative estimate of drug-likeness (QED) is 0.719. The van der Waals surface area contributed by atoms with Gasteiger partial charge in [-0.25, -0.2) is 0 Å². The zero-order chi connectivity index (χ0) is 12.1. The molecule has 2 rings (SSSR count). The monoisotopic (exact) mass is 231 g/mol. The standard InChI is InChI=1S/C15H21NO/c1-2-10-16(12-15(17)14-8-9-14)11-13-6-4-3-5-7-13/h3-7,14H,2,8-12H2,1H3. The van der Waals surface area contributed by atoms with E-state index in [-0.39, 0.29) is 0 Å². The lowest BCUT2D eigenvalue weighted by atomic mass is 10.2. The topological polar surface area (TPSA) is 20.3 Å². The number of Topliss-reactive ketones (excluding diaryl/α,β-unsaturated/α-hetero) is 1. The Balaban J connectivity index is 1.89. The first kappa shape index (κ1) is 12.3. The second-order valence-corrected chi connectivity index (χ2v) is 4.94. The van der Waals surface area contributed by atoms with Crippen molar-refractivity contribution in [3.8, 4) is 0 Å². The molecule has 0 bridgehead atoms. The molecular formula is C15H21NO. The highest BCUT2D eigenvalue weighted by Crippen LogP contribution is 2.30. The molecule has 0 heterocycles. The highest BCUT2D eigenvalue weighted by molar-refractivity contribution is 5.84. The molecular weight excluding hydrogens is 210 g/mol. The van der Waals surface area contributed by atoms with Gasteiger partial charge in [-0.3, -0.25) is 9.69 Å². The Morgan fingerprint density at radius 2 is 2.00 bits per heavy atom. The van der Waals surface area contributed by atoms with E-state index in [1.54, 1.807) is 0 Å². The third-order valence-corrected chi connectivity index (χ3v) is 3.20. The van der Waals surface area contributed by atoms with E-state index in [0.29, 0.717) is 18.2 Å². The number of benzene rings is 1. The van der Waals surface area contributed by atoms with E-state index in [4.69, 9.17) is 0 Å². The number of rotatable bonds is 7. The molecule has 0 N–H and O–H groups in total. The molecule has 0 amide bonds. The summed E-state index contributed by atoms with van der Waals surface area (Å²) in [5.74, 6) is 0.819. The summed E-state index contributed by atoms with van der Waals surface area (Å²) in [6, 6.07) is 10.4. The molecule has 0 aromatic heterocycles. The number of carbonyl (C=O) groups is 1. The van der Waals surface area contributed by atoms with Crippen molar-refractivity contribution in [2.75, 3.05) is 13.1 Å². The maximum atomic E-state index is 11.8. The molecule has 92 valence electrons. The van der Waals surface area contributed by atoms with Crippen LogP contribution in [0.15, 0.2) is 30.3 Å². The lowest BCUT2D eigenvalue weighted by molar-refractivity contribution is -0.121. The summed E-state index contributed by atoms with van der Waals surface area (Å²) < 4.78 is 0. The Bertz CT molecular complexity index is 356. The minimum Gasteiger partial charge on any atom is -0.298 e. The van der Waals surface area contributed by atoms with Gasteiger partial charge in [0.05, 0.1) is 6.54 Å². The van der Waals surface area contributed by atoms with Crippen LogP contribution in [0.3, 0.4) is 0 Å². The van der Waals surface area contributed by atoms with Crippen molar-refractivity contribution in [1.82, 2.24) is 4.90 Å². The average Bonchev–Trinajstić information content (AvgIpc) is 3.14. The summed E-state index contributed by atoms with van der Waals surface area (Å²) in [6.07, 6.45) is 3.33. The molecule has 2 nitrogen and oxygen atoms in total. The van der Waals surface area contributed by atoms with Gasteiger partial charge in [-0.2, -0.15) is 0 Å². The van der Waals surface area contributed by atoms with Crippen molar-refractivity contribution in [2.24, 2.45) is 5.92 Å². The number of carbonyl (C=O) groups excluding carboxylic acids is 1. The Hall–Kier alpha value is -1.15. The average molecular weight is 231 g/mol. The van der Waals surface area contributed by atoms with Crippen LogP contribution in [0.1, 0.15) is 31.7 Å². The molecule has 17 heavy (non-hydrogen) atoms. The molecule has 0 radical (unpaired) electrons. The van der Waals surface area contributed by atoms with Gasteiger partial charge in [0.2, 0.25) is 0 Å². The molecule has 1 aromatic carbocycles. The predicted octanol–water partition coefficient (Wildman–Crippen LogP) is 2.88. The van der Waals surface area contributed by atoms with Crippen molar-refractivity contribution in [1.29, 1.82) is 0 Å². The summed E-state index contributed by atoms with van der Waals surface area (Å²) in [6.45, 7) is 4.70. The van der Waals surface area contributed by atoms with Crippen LogP contribution >= 0.6 is 0 Å². The molecule has 1 aromatic rings. The van der Waals surface area contributed by atoms with E-state index in [1.807, 2.05) is 6.07 Å². The first-order valence-electron chi connectivity index (χ1n) is 6.58. The molecule has 1 aliphatic rings. The molecule has 0 saturated heterocycles. The highest BCUT2D eigenvalue weighted by atomic mass is 16.1. The van der Waals surface area contributed by atoms with Gasteiger partial charge in [0.15, 0.2) is 0 Å². The number of ketones is 1. The van der Waals surface area contributed by atoms with Crippen LogP contribution in [0.5, 0.6) is 0 Å². The van der Waals surface area contributed by atoms with E-state index >= 15 is 0 Å². The summed E-state index contributed by atoms with van der Waals surface area (Å²) in [5.41, 5.74) is 1.30. The smallest absolute Gasteiger partial charge is 0.149 e. The molecule has 1 saturated carbocycles. The minimum absolute atomic E-state index is 0.380. The number of nitrogens with zero attached hydrogens (tertiary/aromatic N) is 1. The van der Waals surface area contributed by atoms with E-state index in [9.17, 15) is 4.79 Å². The van der Waals surface area contributed by atoms with E-state index in [2.05, 4.69) is 36.1 Å². The van der Waals surface area contributed by atoms with Crippen molar-refractivity contribution < 1.29 is 4.79 Å². The van der Waals surface area contributed by atoms with E-state index in [1.165, 1.54) is 5.56 Å². The van der Waals surface area contributed by atoms with Crippen LogP contribution in [0.2, 0.25) is 0 Å². The summed E-state index contributed by atoms with van der Waals surface area (Å²) in [4.78, 5) is 14.1. The fraction of sp³-hybridized carbons (Fsp3) is 0.533. The Morgan fingerprint density at radius 3 is 2.59 bits per heavy atom. The predicted molar refractivity (Wildman–Crippen MR) is 69.7 cm³/mol. The lowest BCUT2D eigenvalue weighted by Gasteiger charge is -2.20. The zero-order valence-electron chi connectivity index (χ0n) is 10.6. The minimum atomic E-state index is 0.380. The van der Waals surface area contributed by atoms with Gasteiger partial charge in [0.1, 0.15) is 5.78 Å². The van der Waals surface area contributed by atoms with Gasteiger partial charge < -0.3 is 0 Å². The van der Waals surface area contributed by atoms with E-state index in [0.717, 1.165) is 32.4 Å². The second-order valence-electron chi connectivity index (χ2n) is 4.94. The molecule has 0 spiro atoms. The normalized spacial score (nSPS) is 15.2. The second kappa shape index (κ2) is 5.97. The third-order valence-electron chi connectivity index (χ3n) is 3.20. The van der Waals surface area contributed by atoms with Crippen molar-refractivity contribution in [3.63, 3.8) is 0 Å². The van der Waals surface area contributed by atoms with Crippen molar-refractivity contribution in [2.45, 2.75) is 32.7 Å². The molecule has 1 fully saturated rings. The largest absolute Gasteiger partial charge is 0.298 e. The third kappa shape index (κ3) is 3.97. The van der Waals surface area contributed by atoms with Crippen LogP contribution in [0, 0.1) is 5.92 Å². The van der Waals surface area contributed by atoms with Crippen LogP contribution < -0.4 is 0 Å². The van der Waals surface area contributed by atoms with Crippen molar-refractivity contribution in [3.05, 3.63) is 35.9 Å². The lowest BCUT2D eigenvalue weighted by Crippen LogP contribution is -2.31. The van der Waals surface area contributed by atoms with Crippen LogP contribution in [-0.4, -0.2) is 23.8 Å². The summed E-state index contributed by atoms with van der Waals surface area (Å²) in [5, 5.41) is 0. The molecule has 2 heteroatoms. The first-order chi connectivity index (χ1) is 8.29. The maximum Gasteiger partial charge on any atom is 0.149 e. The van der Waals surface area contributed by atoms with Crippen LogP contribution in [0.4, 0.5) is 0 Å². The fourth-order valence-electron chi connectivity index (χ4n) is 2.13. The molecule has 1 aliphatic carbocycles. The molecule has 0 atom stereocenters. The Labute approximate surface area is 104 Å². The molecule has 0 aliphatic heterocycles.